The van der Waals surface area contributed by atoms with Gasteiger partial charge in [0.1, 0.15) is 4.75 Å². The Hall–Kier alpha value is -3.30. The van der Waals surface area contributed by atoms with E-state index in [1.54, 1.807) is 11.8 Å². The van der Waals surface area contributed by atoms with Gasteiger partial charge in [0.25, 0.3) is 5.91 Å². The minimum Gasteiger partial charge on any atom is -0.306 e. The lowest BCUT2D eigenvalue weighted by atomic mass is 9.91. The molecule has 152 valence electrons. The van der Waals surface area contributed by atoms with E-state index in [1.807, 2.05) is 59.5 Å². The largest absolute Gasteiger partial charge is 0.306 e. The molecule has 0 N–H and O–H groups in total. The van der Waals surface area contributed by atoms with E-state index in [4.69, 9.17) is 0 Å². The Morgan fingerprint density at radius 2 is 1.19 bits per heavy atom. The van der Waals surface area contributed by atoms with Crippen molar-refractivity contribution in [1.29, 1.82) is 0 Å². The number of para-hydroxylation sites is 1. The summed E-state index contributed by atoms with van der Waals surface area (Å²) in [4.78, 5) is 16.2. The van der Waals surface area contributed by atoms with Crippen molar-refractivity contribution < 1.29 is 4.79 Å². The van der Waals surface area contributed by atoms with Gasteiger partial charge in [-0.3, -0.25) is 4.79 Å². The summed E-state index contributed by atoms with van der Waals surface area (Å²) in [6.45, 7) is 0.567. The first-order valence-electron chi connectivity index (χ1n) is 10.5. The zero-order valence-electron chi connectivity index (χ0n) is 17.1. The number of benzene rings is 4. The van der Waals surface area contributed by atoms with Crippen molar-refractivity contribution in [2.75, 3.05) is 4.90 Å². The smallest absolute Gasteiger partial charge is 0.252 e. The Kier molecular flexibility index (Phi) is 5.35. The number of anilines is 1. The maximum atomic E-state index is 14.2. The Morgan fingerprint density at radius 3 is 1.87 bits per heavy atom. The standard InChI is InChI=1S/C28H23NOS/c30-27-28(24-16-8-3-9-17-24,31-21-23-14-6-2-7-15-23)25-18-10-11-19-26(25)29(27)20-22-12-4-1-5-13-22/h1-19H,20-21H2/t28-/m0/s1. The summed E-state index contributed by atoms with van der Waals surface area (Å²) in [5, 5.41) is 0. The molecule has 1 heterocycles. The van der Waals surface area contributed by atoms with Gasteiger partial charge in [0.15, 0.2) is 0 Å². The lowest BCUT2D eigenvalue weighted by molar-refractivity contribution is -0.119. The second-order valence-corrected chi connectivity index (χ2v) is 8.91. The molecule has 31 heavy (non-hydrogen) atoms. The number of amides is 1. The van der Waals surface area contributed by atoms with Gasteiger partial charge in [-0.1, -0.05) is 109 Å². The van der Waals surface area contributed by atoms with Gasteiger partial charge in [-0.15, -0.1) is 11.8 Å². The summed E-state index contributed by atoms with van der Waals surface area (Å²) in [6, 6.07) is 39.1. The van der Waals surface area contributed by atoms with E-state index in [1.165, 1.54) is 5.56 Å². The molecule has 0 saturated heterocycles. The molecule has 2 nitrogen and oxygen atoms in total. The van der Waals surface area contributed by atoms with Crippen LogP contribution in [0.4, 0.5) is 5.69 Å². The van der Waals surface area contributed by atoms with Gasteiger partial charge in [0.05, 0.1) is 6.54 Å². The van der Waals surface area contributed by atoms with Crippen LogP contribution in [0, 0.1) is 0 Å². The Labute approximate surface area is 187 Å². The van der Waals surface area contributed by atoms with Crippen molar-refractivity contribution in [2.24, 2.45) is 0 Å². The number of carbonyl (C=O) groups excluding carboxylic acids is 1. The van der Waals surface area contributed by atoms with Crippen LogP contribution in [0.3, 0.4) is 0 Å². The molecule has 4 aromatic carbocycles. The van der Waals surface area contributed by atoms with Crippen molar-refractivity contribution in [3.63, 3.8) is 0 Å². The maximum Gasteiger partial charge on any atom is 0.252 e. The topological polar surface area (TPSA) is 20.3 Å². The molecule has 1 atom stereocenters. The number of hydrogen-bond donors (Lipinski definition) is 0. The molecular weight excluding hydrogens is 398 g/mol. The first-order chi connectivity index (χ1) is 15.3. The van der Waals surface area contributed by atoms with Crippen molar-refractivity contribution in [3.05, 3.63) is 138 Å². The maximum absolute atomic E-state index is 14.2. The molecule has 4 aromatic rings. The van der Waals surface area contributed by atoms with E-state index in [0.29, 0.717) is 6.54 Å². The highest BCUT2D eigenvalue weighted by atomic mass is 32.2. The minimum atomic E-state index is -0.761. The number of hydrogen-bond acceptors (Lipinski definition) is 2. The quantitative estimate of drug-likeness (QED) is 0.358. The molecule has 0 fully saturated rings. The average Bonchev–Trinajstić information content (AvgIpc) is 3.08. The SMILES string of the molecule is O=C1N(Cc2ccccc2)c2ccccc2[C@@]1(SCc1ccccc1)c1ccccc1. The molecular formula is C28H23NOS. The molecule has 1 amide bonds. The summed E-state index contributed by atoms with van der Waals surface area (Å²) < 4.78 is -0.761. The van der Waals surface area contributed by atoms with Crippen LogP contribution in [0.15, 0.2) is 115 Å². The third kappa shape index (κ3) is 3.55. The molecule has 0 bridgehead atoms. The second kappa shape index (κ2) is 8.44. The zero-order chi connectivity index (χ0) is 21.1. The summed E-state index contributed by atoms with van der Waals surface area (Å²) in [5.41, 5.74) is 5.45. The summed E-state index contributed by atoms with van der Waals surface area (Å²) in [7, 11) is 0. The summed E-state index contributed by atoms with van der Waals surface area (Å²) in [6.07, 6.45) is 0. The van der Waals surface area contributed by atoms with Gasteiger partial charge < -0.3 is 4.90 Å². The van der Waals surface area contributed by atoms with Crippen LogP contribution in [-0.2, 0) is 21.8 Å². The van der Waals surface area contributed by atoms with E-state index < -0.39 is 4.75 Å². The van der Waals surface area contributed by atoms with Crippen LogP contribution in [0.5, 0.6) is 0 Å². The lowest BCUT2D eigenvalue weighted by Gasteiger charge is -2.29. The van der Waals surface area contributed by atoms with Gasteiger partial charge in [-0.05, 0) is 22.8 Å². The average molecular weight is 422 g/mol. The first-order valence-corrected chi connectivity index (χ1v) is 11.5. The van der Waals surface area contributed by atoms with Gasteiger partial charge >= 0.3 is 0 Å². The number of fused-ring (bicyclic) bond motifs is 1. The van der Waals surface area contributed by atoms with E-state index in [2.05, 4.69) is 60.7 Å². The molecule has 3 heteroatoms. The predicted octanol–water partition coefficient (Wildman–Crippen LogP) is 6.41. The highest BCUT2D eigenvalue weighted by molar-refractivity contribution is 8.00. The monoisotopic (exact) mass is 421 g/mol. The number of carbonyl (C=O) groups is 1. The molecule has 1 aliphatic rings. The lowest BCUT2D eigenvalue weighted by Crippen LogP contribution is -2.38. The zero-order valence-corrected chi connectivity index (χ0v) is 18.0. The van der Waals surface area contributed by atoms with Crippen LogP contribution < -0.4 is 4.90 Å². The van der Waals surface area contributed by atoms with Crippen molar-refractivity contribution >= 4 is 23.4 Å². The molecule has 0 spiro atoms. The molecule has 0 aliphatic carbocycles. The molecule has 0 radical (unpaired) electrons. The highest BCUT2D eigenvalue weighted by Gasteiger charge is 2.52. The van der Waals surface area contributed by atoms with Gasteiger partial charge in [-0.25, -0.2) is 0 Å². The van der Waals surface area contributed by atoms with Gasteiger partial charge in [-0.2, -0.15) is 0 Å². The Morgan fingerprint density at radius 1 is 0.645 bits per heavy atom. The fourth-order valence-electron chi connectivity index (χ4n) is 4.28. The Balaban J connectivity index is 1.62. The Bertz CT molecular complexity index is 1180. The van der Waals surface area contributed by atoms with E-state index >= 15 is 0 Å². The molecule has 0 saturated carbocycles. The first kappa shape index (κ1) is 19.7. The minimum absolute atomic E-state index is 0.129. The van der Waals surface area contributed by atoms with Crippen LogP contribution in [0.1, 0.15) is 22.3 Å². The van der Waals surface area contributed by atoms with Crippen LogP contribution in [-0.4, -0.2) is 5.91 Å². The van der Waals surface area contributed by atoms with Crippen LogP contribution >= 0.6 is 11.8 Å². The van der Waals surface area contributed by atoms with Crippen molar-refractivity contribution in [3.8, 4) is 0 Å². The molecule has 5 rings (SSSR count). The fourth-order valence-corrected chi connectivity index (χ4v) is 5.72. The van der Waals surface area contributed by atoms with Crippen molar-refractivity contribution in [2.45, 2.75) is 17.0 Å². The van der Waals surface area contributed by atoms with Crippen LogP contribution in [0.25, 0.3) is 0 Å². The summed E-state index contributed by atoms with van der Waals surface area (Å²) in [5.74, 6) is 0.888. The van der Waals surface area contributed by atoms with E-state index in [9.17, 15) is 4.79 Å². The molecule has 0 aromatic heterocycles. The third-order valence-electron chi connectivity index (χ3n) is 5.78. The number of nitrogens with zero attached hydrogens (tertiary/aromatic N) is 1. The summed E-state index contributed by atoms with van der Waals surface area (Å²) >= 11 is 1.71. The van der Waals surface area contributed by atoms with Crippen molar-refractivity contribution in [1.82, 2.24) is 0 Å². The van der Waals surface area contributed by atoms with Crippen LogP contribution in [0.2, 0.25) is 0 Å². The molecule has 1 aliphatic heterocycles. The third-order valence-corrected chi connectivity index (χ3v) is 7.32. The number of rotatable bonds is 6. The second-order valence-electron chi connectivity index (χ2n) is 7.72. The fraction of sp³-hybridized carbons (Fsp3) is 0.107. The number of thioether (sulfide) groups is 1. The van der Waals surface area contributed by atoms with Gasteiger partial charge in [0.2, 0.25) is 0 Å². The van der Waals surface area contributed by atoms with Gasteiger partial charge in [0, 0.05) is 17.0 Å². The van der Waals surface area contributed by atoms with E-state index in [0.717, 1.165) is 28.1 Å². The van der Waals surface area contributed by atoms with E-state index in [-0.39, 0.29) is 5.91 Å². The molecule has 0 unspecified atom stereocenters. The normalized spacial score (nSPS) is 17.5. The predicted molar refractivity (Wildman–Crippen MR) is 129 cm³/mol. The highest BCUT2D eigenvalue weighted by Crippen LogP contribution is 2.54.